The lowest BCUT2D eigenvalue weighted by Gasteiger charge is -1.96. The maximum absolute atomic E-state index is 3.80. The monoisotopic (exact) mass is 152 g/mol. The van der Waals surface area contributed by atoms with Crippen molar-refractivity contribution in [3.8, 4) is 0 Å². The molecule has 0 amide bonds. The molecule has 0 aliphatic rings. The van der Waals surface area contributed by atoms with Crippen LogP contribution in [0.2, 0.25) is 0 Å². The van der Waals surface area contributed by atoms with Crippen LogP contribution in [0.3, 0.4) is 0 Å². The van der Waals surface area contributed by atoms with E-state index in [2.05, 4.69) is 13.2 Å². The third kappa shape index (κ3) is 9.22. The maximum Gasteiger partial charge on any atom is -0.0395 e. The van der Waals surface area contributed by atoms with Crippen molar-refractivity contribution in [1.82, 2.24) is 0 Å². The number of rotatable bonds is 2. The van der Waals surface area contributed by atoms with Gasteiger partial charge in [0, 0.05) is 0 Å². The van der Waals surface area contributed by atoms with E-state index in [0.29, 0.717) is 0 Å². The molecular formula is C11H20. The topological polar surface area (TPSA) is 0 Å². The van der Waals surface area contributed by atoms with Gasteiger partial charge in [0.15, 0.2) is 0 Å². The lowest BCUT2D eigenvalue weighted by molar-refractivity contribution is 1.34. The van der Waals surface area contributed by atoms with E-state index in [1.165, 1.54) is 5.57 Å². The van der Waals surface area contributed by atoms with Gasteiger partial charge in [-0.25, -0.2) is 0 Å². The van der Waals surface area contributed by atoms with Crippen LogP contribution in [0, 0.1) is 0 Å². The molecule has 0 nitrogen and oxygen atoms in total. The summed E-state index contributed by atoms with van der Waals surface area (Å²) in [5.41, 5.74) is 3.40. The minimum absolute atomic E-state index is 1.08. The predicted molar refractivity (Wildman–Crippen MR) is 54.7 cm³/mol. The van der Waals surface area contributed by atoms with Crippen LogP contribution in [0.25, 0.3) is 0 Å². The van der Waals surface area contributed by atoms with E-state index < -0.39 is 0 Å². The van der Waals surface area contributed by atoms with Crippen molar-refractivity contribution in [3.63, 3.8) is 0 Å². The van der Waals surface area contributed by atoms with Crippen molar-refractivity contribution in [2.24, 2.45) is 0 Å². The molecule has 0 atom stereocenters. The van der Waals surface area contributed by atoms with Gasteiger partial charge in [-0.3, -0.25) is 0 Å². The summed E-state index contributed by atoms with van der Waals surface area (Å²) in [4.78, 5) is 0. The molecule has 0 aromatic rings. The fourth-order valence-corrected chi connectivity index (χ4v) is 0.493. The first kappa shape index (κ1) is 12.9. The van der Waals surface area contributed by atoms with Crippen LogP contribution in [-0.4, -0.2) is 0 Å². The molecule has 0 radical (unpaired) electrons. The Morgan fingerprint density at radius 1 is 1.00 bits per heavy atom. The minimum atomic E-state index is 1.08. The molecule has 0 N–H and O–H groups in total. The Morgan fingerprint density at radius 3 is 1.45 bits per heavy atom. The van der Waals surface area contributed by atoms with Crippen molar-refractivity contribution >= 4 is 0 Å². The van der Waals surface area contributed by atoms with E-state index in [-0.39, 0.29) is 0 Å². The Morgan fingerprint density at radius 2 is 1.36 bits per heavy atom. The SMILES string of the molecule is C=C(C)/C=C(/C)C(=C)C.CC. The molecule has 11 heavy (non-hydrogen) atoms. The molecule has 0 aromatic carbocycles. The lowest BCUT2D eigenvalue weighted by Crippen LogP contribution is -1.75. The smallest absolute Gasteiger partial charge is 0.0395 e. The molecule has 0 heteroatoms. The fraction of sp³-hybridized carbons (Fsp3) is 0.455. The molecule has 0 heterocycles. The van der Waals surface area contributed by atoms with Gasteiger partial charge < -0.3 is 0 Å². The standard InChI is InChI=1S/C9H14.C2H6/c1-7(2)6-9(5)8(3)4;1-2/h6H,1,3H2,2,4-5H3;1-2H3/b9-6-;. The molecule has 0 fully saturated rings. The van der Waals surface area contributed by atoms with E-state index >= 15 is 0 Å². The highest BCUT2D eigenvalue weighted by Gasteiger charge is 1.86. The zero-order valence-corrected chi connectivity index (χ0v) is 8.49. The second kappa shape index (κ2) is 7.33. The van der Waals surface area contributed by atoms with Crippen LogP contribution in [0.5, 0.6) is 0 Å². The Kier molecular flexibility index (Phi) is 8.57. The zero-order chi connectivity index (χ0) is 9.44. The summed E-state index contributed by atoms with van der Waals surface area (Å²) >= 11 is 0. The van der Waals surface area contributed by atoms with Crippen LogP contribution < -0.4 is 0 Å². The average molecular weight is 152 g/mol. The molecule has 0 rings (SSSR count). The third-order valence-electron chi connectivity index (χ3n) is 1.14. The molecule has 0 aromatic heterocycles. The third-order valence-corrected chi connectivity index (χ3v) is 1.14. The fourth-order valence-electron chi connectivity index (χ4n) is 0.493. The lowest BCUT2D eigenvalue weighted by atomic mass is 10.1. The van der Waals surface area contributed by atoms with E-state index in [1.54, 1.807) is 0 Å². The van der Waals surface area contributed by atoms with Crippen molar-refractivity contribution < 1.29 is 0 Å². The Labute approximate surface area is 71.3 Å². The quantitative estimate of drug-likeness (QED) is 0.522. The van der Waals surface area contributed by atoms with E-state index in [0.717, 1.165) is 11.1 Å². The molecule has 0 saturated carbocycles. The summed E-state index contributed by atoms with van der Waals surface area (Å²) in [6, 6.07) is 0. The van der Waals surface area contributed by atoms with Gasteiger partial charge >= 0.3 is 0 Å². The van der Waals surface area contributed by atoms with Gasteiger partial charge in [-0.05, 0) is 26.3 Å². The van der Waals surface area contributed by atoms with Gasteiger partial charge in [0.2, 0.25) is 0 Å². The highest BCUT2D eigenvalue weighted by molar-refractivity contribution is 5.30. The normalized spacial score (nSPS) is 9.73. The van der Waals surface area contributed by atoms with E-state index in [9.17, 15) is 0 Å². The van der Waals surface area contributed by atoms with Gasteiger partial charge in [-0.2, -0.15) is 0 Å². The summed E-state index contributed by atoms with van der Waals surface area (Å²) in [5.74, 6) is 0. The molecule has 0 saturated heterocycles. The molecule has 0 unspecified atom stereocenters. The van der Waals surface area contributed by atoms with Gasteiger partial charge in [0.1, 0.15) is 0 Å². The van der Waals surface area contributed by atoms with Gasteiger partial charge in [0.05, 0.1) is 0 Å². The van der Waals surface area contributed by atoms with Crippen LogP contribution in [0.15, 0.2) is 36.0 Å². The second-order valence-electron chi connectivity index (χ2n) is 2.45. The van der Waals surface area contributed by atoms with Crippen molar-refractivity contribution in [1.29, 1.82) is 0 Å². The van der Waals surface area contributed by atoms with Crippen LogP contribution in [0.1, 0.15) is 34.6 Å². The van der Waals surface area contributed by atoms with Crippen molar-refractivity contribution in [2.45, 2.75) is 34.6 Å². The first-order valence-electron chi connectivity index (χ1n) is 4.03. The molecule has 0 bridgehead atoms. The first-order valence-corrected chi connectivity index (χ1v) is 4.03. The molecule has 0 aliphatic heterocycles. The van der Waals surface area contributed by atoms with Crippen LogP contribution >= 0.6 is 0 Å². The number of hydrogen-bond acceptors (Lipinski definition) is 0. The van der Waals surface area contributed by atoms with E-state index in [1.807, 2.05) is 40.7 Å². The van der Waals surface area contributed by atoms with Crippen molar-refractivity contribution in [2.75, 3.05) is 0 Å². The maximum atomic E-state index is 3.80. The highest BCUT2D eigenvalue weighted by atomic mass is 13.9. The summed E-state index contributed by atoms with van der Waals surface area (Å²) in [7, 11) is 0. The summed E-state index contributed by atoms with van der Waals surface area (Å²) in [6.45, 7) is 17.6. The van der Waals surface area contributed by atoms with Crippen LogP contribution in [0.4, 0.5) is 0 Å². The molecular weight excluding hydrogens is 132 g/mol. The highest BCUT2D eigenvalue weighted by Crippen LogP contribution is 2.07. The Bertz CT molecular complexity index is 159. The average Bonchev–Trinajstić information content (AvgIpc) is 1.90. The number of allylic oxidation sites excluding steroid dienone is 4. The molecule has 0 aliphatic carbocycles. The van der Waals surface area contributed by atoms with Crippen molar-refractivity contribution in [3.05, 3.63) is 36.0 Å². The van der Waals surface area contributed by atoms with Gasteiger partial charge in [-0.15, -0.1) is 0 Å². The summed E-state index contributed by atoms with van der Waals surface area (Å²) in [5, 5.41) is 0. The Hall–Kier alpha value is -0.780. The van der Waals surface area contributed by atoms with Gasteiger partial charge in [-0.1, -0.05) is 44.2 Å². The van der Waals surface area contributed by atoms with Gasteiger partial charge in [0.25, 0.3) is 0 Å². The van der Waals surface area contributed by atoms with Crippen LogP contribution in [-0.2, 0) is 0 Å². The zero-order valence-electron chi connectivity index (χ0n) is 8.49. The summed E-state index contributed by atoms with van der Waals surface area (Å²) in [6.07, 6.45) is 2.03. The first-order chi connectivity index (χ1) is 5.04. The predicted octanol–water partition coefficient (Wildman–Crippen LogP) is 4.11. The largest absolute Gasteiger partial charge is 0.0961 e. The second-order valence-corrected chi connectivity index (χ2v) is 2.45. The minimum Gasteiger partial charge on any atom is -0.0961 e. The Balaban J connectivity index is 0. The molecule has 64 valence electrons. The number of hydrogen-bond donors (Lipinski definition) is 0. The molecule has 0 spiro atoms. The van der Waals surface area contributed by atoms with E-state index in [4.69, 9.17) is 0 Å². The summed E-state index contributed by atoms with van der Waals surface area (Å²) < 4.78 is 0.